The fourth-order valence-electron chi connectivity index (χ4n) is 0.653. The average Bonchev–Trinajstić information content (AvgIpc) is 1.85. The molecule has 0 aliphatic heterocycles. The highest BCUT2D eigenvalue weighted by atomic mass is 19.4. The van der Waals surface area contributed by atoms with E-state index in [9.17, 15) is 13.2 Å². The van der Waals surface area contributed by atoms with Gasteiger partial charge in [0.1, 0.15) is 6.33 Å². The Labute approximate surface area is 61.1 Å². The molecule has 0 saturated carbocycles. The minimum absolute atomic E-state index is 0.0833. The van der Waals surface area contributed by atoms with E-state index in [0.29, 0.717) is 0 Å². The molecule has 0 radical (unpaired) electrons. The largest absolute Gasteiger partial charge is 0.393 e. The molecule has 0 aromatic carbocycles. The Kier molecular flexibility index (Phi) is 2.07. The summed E-state index contributed by atoms with van der Waals surface area (Å²) in [5.41, 5.74) is 0.0833. The van der Waals surface area contributed by atoms with Crippen LogP contribution in [0.1, 0.15) is 5.56 Å². The van der Waals surface area contributed by atoms with Gasteiger partial charge in [0.2, 0.25) is 0 Å². The lowest BCUT2D eigenvalue weighted by atomic mass is 10.2. The summed E-state index contributed by atoms with van der Waals surface area (Å²) in [6.45, 7) is 0. The summed E-state index contributed by atoms with van der Waals surface area (Å²) < 4.78 is 35.1. The van der Waals surface area contributed by atoms with E-state index in [2.05, 4.69) is 9.97 Å². The van der Waals surface area contributed by atoms with Crippen molar-refractivity contribution < 1.29 is 13.2 Å². The molecule has 2 nitrogen and oxygen atoms in total. The summed E-state index contributed by atoms with van der Waals surface area (Å²) in [7, 11) is 0. The van der Waals surface area contributed by atoms with Crippen LogP contribution in [-0.2, 0) is 6.42 Å². The molecule has 0 aliphatic rings. The number of rotatable bonds is 1. The van der Waals surface area contributed by atoms with Gasteiger partial charge in [0.15, 0.2) is 0 Å². The molecule has 0 saturated heterocycles. The molecule has 5 heteroatoms. The van der Waals surface area contributed by atoms with Gasteiger partial charge in [0.05, 0.1) is 6.42 Å². The van der Waals surface area contributed by atoms with Crippen LogP contribution in [0.15, 0.2) is 18.7 Å². The molecule has 0 bridgehead atoms. The Balaban J connectivity index is 2.66. The third kappa shape index (κ3) is 2.97. The van der Waals surface area contributed by atoms with E-state index in [4.69, 9.17) is 0 Å². The van der Waals surface area contributed by atoms with Gasteiger partial charge >= 0.3 is 6.18 Å². The lowest BCUT2D eigenvalue weighted by Gasteiger charge is -2.03. The van der Waals surface area contributed by atoms with Crippen molar-refractivity contribution in [1.82, 2.24) is 9.97 Å². The molecular weight excluding hydrogens is 157 g/mol. The van der Waals surface area contributed by atoms with Crippen molar-refractivity contribution in [2.24, 2.45) is 0 Å². The maximum absolute atomic E-state index is 11.7. The van der Waals surface area contributed by atoms with E-state index in [-0.39, 0.29) is 5.56 Å². The van der Waals surface area contributed by atoms with Gasteiger partial charge in [-0.15, -0.1) is 0 Å². The van der Waals surface area contributed by atoms with E-state index in [0.717, 1.165) is 12.4 Å². The van der Waals surface area contributed by atoms with E-state index >= 15 is 0 Å². The van der Waals surface area contributed by atoms with Crippen LogP contribution in [0.3, 0.4) is 0 Å². The lowest BCUT2D eigenvalue weighted by Crippen LogP contribution is -2.11. The van der Waals surface area contributed by atoms with Crippen LogP contribution in [-0.4, -0.2) is 16.1 Å². The first-order chi connectivity index (χ1) is 5.08. The van der Waals surface area contributed by atoms with E-state index in [1.54, 1.807) is 0 Å². The molecule has 11 heavy (non-hydrogen) atoms. The molecular formula is C6H5F3N2. The zero-order valence-corrected chi connectivity index (χ0v) is 5.47. The van der Waals surface area contributed by atoms with E-state index < -0.39 is 12.6 Å². The van der Waals surface area contributed by atoms with Gasteiger partial charge in [-0.05, 0) is 5.56 Å². The predicted molar refractivity (Wildman–Crippen MR) is 31.8 cm³/mol. The number of hydrogen-bond acceptors (Lipinski definition) is 2. The SMILES string of the molecule is FC(F)(F)Cc1cncnc1. The first kappa shape index (κ1) is 7.97. The lowest BCUT2D eigenvalue weighted by molar-refractivity contribution is -0.127. The van der Waals surface area contributed by atoms with Gasteiger partial charge in [-0.1, -0.05) is 0 Å². The first-order valence-electron chi connectivity index (χ1n) is 2.88. The van der Waals surface area contributed by atoms with Crippen molar-refractivity contribution in [1.29, 1.82) is 0 Å². The highest BCUT2D eigenvalue weighted by Gasteiger charge is 2.27. The quantitative estimate of drug-likeness (QED) is 0.626. The summed E-state index contributed by atoms with van der Waals surface area (Å²) in [6, 6.07) is 0. The zero-order chi connectivity index (χ0) is 8.32. The Morgan fingerprint density at radius 1 is 1.18 bits per heavy atom. The van der Waals surface area contributed by atoms with Crippen molar-refractivity contribution in [3.63, 3.8) is 0 Å². The number of hydrogen-bond donors (Lipinski definition) is 0. The predicted octanol–water partition coefficient (Wildman–Crippen LogP) is 1.58. The smallest absolute Gasteiger partial charge is 0.245 e. The van der Waals surface area contributed by atoms with Gasteiger partial charge in [-0.25, -0.2) is 9.97 Å². The number of alkyl halides is 3. The van der Waals surface area contributed by atoms with Crippen LogP contribution in [0.4, 0.5) is 13.2 Å². The molecule has 0 N–H and O–H groups in total. The number of nitrogens with zero attached hydrogens (tertiary/aromatic N) is 2. The fraction of sp³-hybridized carbons (Fsp3) is 0.333. The van der Waals surface area contributed by atoms with Crippen LogP contribution in [0.5, 0.6) is 0 Å². The van der Waals surface area contributed by atoms with Crippen molar-refractivity contribution >= 4 is 0 Å². The summed E-state index contributed by atoms with van der Waals surface area (Å²) in [5.74, 6) is 0. The maximum atomic E-state index is 11.7. The summed E-state index contributed by atoms with van der Waals surface area (Å²) in [5, 5.41) is 0. The van der Waals surface area contributed by atoms with Crippen molar-refractivity contribution in [3.05, 3.63) is 24.3 Å². The molecule has 0 spiro atoms. The second kappa shape index (κ2) is 2.86. The number of aromatic nitrogens is 2. The highest BCUT2D eigenvalue weighted by Crippen LogP contribution is 2.19. The molecule has 0 fully saturated rings. The van der Waals surface area contributed by atoms with Crippen LogP contribution < -0.4 is 0 Å². The van der Waals surface area contributed by atoms with Crippen molar-refractivity contribution in [2.75, 3.05) is 0 Å². The molecule has 0 aliphatic carbocycles. The minimum atomic E-state index is -4.18. The standard InChI is InChI=1S/C6H5F3N2/c7-6(8,9)1-5-2-10-4-11-3-5/h2-4H,1H2. The van der Waals surface area contributed by atoms with Crippen LogP contribution >= 0.6 is 0 Å². The summed E-state index contributed by atoms with van der Waals surface area (Å²) in [4.78, 5) is 6.92. The molecule has 60 valence electrons. The third-order valence-corrected chi connectivity index (χ3v) is 1.02. The van der Waals surface area contributed by atoms with E-state index in [1.807, 2.05) is 0 Å². The number of halogens is 3. The van der Waals surface area contributed by atoms with Gasteiger partial charge in [0, 0.05) is 12.4 Å². The van der Waals surface area contributed by atoms with Gasteiger partial charge < -0.3 is 0 Å². The summed E-state index contributed by atoms with van der Waals surface area (Å²) in [6.07, 6.45) is -1.64. The highest BCUT2D eigenvalue weighted by molar-refractivity contribution is 5.03. The zero-order valence-electron chi connectivity index (χ0n) is 5.47. The van der Waals surface area contributed by atoms with Gasteiger partial charge in [-0.3, -0.25) is 0 Å². The summed E-state index contributed by atoms with van der Waals surface area (Å²) >= 11 is 0. The molecule has 1 heterocycles. The van der Waals surface area contributed by atoms with Crippen LogP contribution in [0.2, 0.25) is 0 Å². The molecule has 1 rings (SSSR count). The fourth-order valence-corrected chi connectivity index (χ4v) is 0.653. The van der Waals surface area contributed by atoms with Crippen molar-refractivity contribution in [3.8, 4) is 0 Å². The molecule has 0 atom stereocenters. The minimum Gasteiger partial charge on any atom is -0.245 e. The second-order valence-electron chi connectivity index (χ2n) is 2.04. The van der Waals surface area contributed by atoms with Crippen molar-refractivity contribution in [2.45, 2.75) is 12.6 Å². The van der Waals surface area contributed by atoms with Crippen LogP contribution in [0, 0.1) is 0 Å². The van der Waals surface area contributed by atoms with Gasteiger partial charge in [-0.2, -0.15) is 13.2 Å². The Morgan fingerprint density at radius 2 is 1.73 bits per heavy atom. The molecule has 1 aromatic rings. The average molecular weight is 162 g/mol. The first-order valence-corrected chi connectivity index (χ1v) is 2.88. The third-order valence-electron chi connectivity index (χ3n) is 1.02. The van der Waals surface area contributed by atoms with Crippen LogP contribution in [0.25, 0.3) is 0 Å². The Bertz CT molecular complexity index is 219. The second-order valence-corrected chi connectivity index (χ2v) is 2.04. The van der Waals surface area contributed by atoms with E-state index in [1.165, 1.54) is 6.33 Å². The Hall–Kier alpha value is -1.13. The monoisotopic (exact) mass is 162 g/mol. The molecule has 0 unspecified atom stereocenters. The maximum Gasteiger partial charge on any atom is 0.393 e. The Morgan fingerprint density at radius 3 is 2.18 bits per heavy atom. The normalized spacial score (nSPS) is 11.5. The topological polar surface area (TPSA) is 25.8 Å². The van der Waals surface area contributed by atoms with Gasteiger partial charge in [0.25, 0.3) is 0 Å². The molecule has 0 amide bonds. The molecule has 1 aromatic heterocycles.